The maximum atomic E-state index is 12.5. The zero-order valence-electron chi connectivity index (χ0n) is 14.4. The second-order valence-electron chi connectivity index (χ2n) is 6.68. The molecule has 3 rings (SSSR count). The van der Waals surface area contributed by atoms with Gasteiger partial charge in [-0.1, -0.05) is 19.1 Å². The summed E-state index contributed by atoms with van der Waals surface area (Å²) in [4.78, 5) is 12.4. The number of amides is 1. The molecule has 2 heterocycles. The minimum absolute atomic E-state index is 0. The zero-order chi connectivity index (χ0) is 17.2. The molecule has 1 unspecified atom stereocenters. The van der Waals surface area contributed by atoms with Crippen LogP contribution in [0.4, 0.5) is 0 Å². The van der Waals surface area contributed by atoms with Crippen molar-refractivity contribution in [1.82, 2.24) is 14.9 Å². The van der Waals surface area contributed by atoms with Gasteiger partial charge in [0.1, 0.15) is 0 Å². The number of benzene rings is 1. The molecular weight excluding hydrogens is 362 g/mol. The minimum atomic E-state index is -3.37. The molecule has 1 amide bonds. The van der Waals surface area contributed by atoms with Crippen molar-refractivity contribution in [1.29, 1.82) is 0 Å². The molecule has 2 fully saturated rings. The van der Waals surface area contributed by atoms with E-state index in [1.54, 1.807) is 24.3 Å². The summed E-state index contributed by atoms with van der Waals surface area (Å²) >= 11 is 0. The van der Waals surface area contributed by atoms with Gasteiger partial charge in [-0.2, -0.15) is 4.31 Å². The lowest BCUT2D eigenvalue weighted by Crippen LogP contribution is -2.49. The van der Waals surface area contributed by atoms with Crippen molar-refractivity contribution in [2.75, 3.05) is 26.2 Å². The Morgan fingerprint density at radius 2 is 1.84 bits per heavy atom. The van der Waals surface area contributed by atoms with Crippen LogP contribution in [0.15, 0.2) is 29.2 Å². The Labute approximate surface area is 155 Å². The molecule has 2 aliphatic rings. The van der Waals surface area contributed by atoms with Crippen LogP contribution in [0.25, 0.3) is 0 Å². The molecule has 2 saturated heterocycles. The highest BCUT2D eigenvalue weighted by Gasteiger charge is 2.29. The van der Waals surface area contributed by atoms with Gasteiger partial charge in [0.05, 0.1) is 4.90 Å². The van der Waals surface area contributed by atoms with Gasteiger partial charge in [-0.3, -0.25) is 4.79 Å². The summed E-state index contributed by atoms with van der Waals surface area (Å²) in [6, 6.07) is 6.82. The Balaban J connectivity index is 0.00000225. The van der Waals surface area contributed by atoms with Crippen LogP contribution >= 0.6 is 12.4 Å². The SMILES string of the molecule is CC(C(=O)NCc1ccc(S(=O)(=O)N2CCCC2)cc1)C1CNC1.Cl. The van der Waals surface area contributed by atoms with E-state index in [1.807, 2.05) is 6.92 Å². The van der Waals surface area contributed by atoms with Crippen LogP contribution < -0.4 is 10.6 Å². The summed E-state index contributed by atoms with van der Waals surface area (Å²) in [7, 11) is -3.37. The monoisotopic (exact) mass is 387 g/mol. The first-order chi connectivity index (χ1) is 11.5. The Bertz CT molecular complexity index is 684. The van der Waals surface area contributed by atoms with Gasteiger partial charge >= 0.3 is 0 Å². The number of nitrogens with zero attached hydrogens (tertiary/aromatic N) is 1. The van der Waals surface area contributed by atoms with E-state index in [-0.39, 0.29) is 24.2 Å². The van der Waals surface area contributed by atoms with E-state index in [2.05, 4.69) is 10.6 Å². The molecule has 25 heavy (non-hydrogen) atoms. The highest BCUT2D eigenvalue weighted by atomic mass is 35.5. The smallest absolute Gasteiger partial charge is 0.243 e. The molecule has 8 heteroatoms. The Morgan fingerprint density at radius 3 is 2.36 bits per heavy atom. The molecular formula is C17H26ClN3O3S. The number of nitrogens with one attached hydrogen (secondary N) is 2. The summed E-state index contributed by atoms with van der Waals surface area (Å²) < 4.78 is 26.5. The van der Waals surface area contributed by atoms with E-state index in [9.17, 15) is 13.2 Å². The van der Waals surface area contributed by atoms with Gasteiger partial charge in [-0.05, 0) is 49.5 Å². The molecule has 0 saturated carbocycles. The van der Waals surface area contributed by atoms with Gasteiger partial charge in [0.2, 0.25) is 15.9 Å². The summed E-state index contributed by atoms with van der Waals surface area (Å²) in [6.45, 7) is 5.39. The van der Waals surface area contributed by atoms with E-state index in [4.69, 9.17) is 0 Å². The minimum Gasteiger partial charge on any atom is -0.352 e. The number of halogens is 1. The fraction of sp³-hybridized carbons (Fsp3) is 0.588. The highest BCUT2D eigenvalue weighted by molar-refractivity contribution is 7.89. The van der Waals surface area contributed by atoms with E-state index >= 15 is 0 Å². The first kappa shape index (κ1) is 20.2. The van der Waals surface area contributed by atoms with Crippen molar-refractivity contribution >= 4 is 28.3 Å². The third-order valence-electron chi connectivity index (χ3n) is 5.03. The molecule has 0 bridgehead atoms. The third-order valence-corrected chi connectivity index (χ3v) is 6.94. The molecule has 0 aromatic heterocycles. The summed E-state index contributed by atoms with van der Waals surface area (Å²) in [5.74, 6) is 0.467. The molecule has 2 aliphatic heterocycles. The molecule has 0 aliphatic carbocycles. The fourth-order valence-corrected chi connectivity index (χ4v) is 4.60. The van der Waals surface area contributed by atoms with Crippen molar-refractivity contribution in [3.05, 3.63) is 29.8 Å². The van der Waals surface area contributed by atoms with Crippen molar-refractivity contribution in [3.8, 4) is 0 Å². The molecule has 6 nitrogen and oxygen atoms in total. The quantitative estimate of drug-likeness (QED) is 0.772. The van der Waals surface area contributed by atoms with Gasteiger partial charge < -0.3 is 10.6 Å². The summed E-state index contributed by atoms with van der Waals surface area (Å²) in [5.41, 5.74) is 0.905. The maximum Gasteiger partial charge on any atom is 0.243 e. The molecule has 1 aromatic carbocycles. The molecule has 140 valence electrons. The molecule has 0 spiro atoms. The van der Waals surface area contributed by atoms with Crippen LogP contribution in [0.5, 0.6) is 0 Å². The van der Waals surface area contributed by atoms with E-state index in [0.717, 1.165) is 31.5 Å². The molecule has 1 atom stereocenters. The molecule has 0 radical (unpaired) electrons. The van der Waals surface area contributed by atoms with Crippen molar-refractivity contribution in [3.63, 3.8) is 0 Å². The fourth-order valence-electron chi connectivity index (χ4n) is 3.09. The average Bonchev–Trinajstić information content (AvgIpc) is 3.06. The number of sulfonamides is 1. The van der Waals surface area contributed by atoms with E-state index < -0.39 is 10.0 Å². The summed E-state index contributed by atoms with van der Waals surface area (Å²) in [6.07, 6.45) is 1.86. The van der Waals surface area contributed by atoms with Crippen molar-refractivity contribution in [2.45, 2.75) is 31.2 Å². The maximum absolute atomic E-state index is 12.5. The number of hydrogen-bond acceptors (Lipinski definition) is 4. The first-order valence-corrected chi connectivity index (χ1v) is 10.00. The van der Waals surface area contributed by atoms with Crippen LogP contribution in [-0.2, 0) is 21.4 Å². The largest absolute Gasteiger partial charge is 0.352 e. The Kier molecular flexibility index (Phi) is 6.85. The predicted molar refractivity (Wildman–Crippen MR) is 99.1 cm³/mol. The standard InChI is InChI=1S/C17H25N3O3S.ClH/c1-13(15-11-18-12-15)17(21)19-10-14-4-6-16(7-5-14)24(22,23)20-8-2-3-9-20;/h4-7,13,15,18H,2-3,8-12H2,1H3,(H,19,21);1H. The first-order valence-electron chi connectivity index (χ1n) is 8.56. The summed E-state index contributed by atoms with van der Waals surface area (Å²) in [5, 5.41) is 6.11. The average molecular weight is 388 g/mol. The second kappa shape index (κ2) is 8.49. The highest BCUT2D eigenvalue weighted by Crippen LogP contribution is 2.21. The lowest BCUT2D eigenvalue weighted by molar-refractivity contribution is -0.126. The van der Waals surface area contributed by atoms with E-state index in [0.29, 0.717) is 30.4 Å². The third kappa shape index (κ3) is 4.53. The topological polar surface area (TPSA) is 78.5 Å². The second-order valence-corrected chi connectivity index (χ2v) is 8.62. The predicted octanol–water partition coefficient (Wildman–Crippen LogP) is 1.36. The zero-order valence-corrected chi connectivity index (χ0v) is 16.0. The lowest BCUT2D eigenvalue weighted by atomic mass is 9.88. The van der Waals surface area contributed by atoms with Crippen LogP contribution in [-0.4, -0.2) is 44.8 Å². The number of hydrogen-bond donors (Lipinski definition) is 2. The van der Waals surface area contributed by atoms with Crippen molar-refractivity contribution in [2.24, 2.45) is 11.8 Å². The number of carbonyl (C=O) groups is 1. The number of carbonyl (C=O) groups excluding carboxylic acids is 1. The Hall–Kier alpha value is -1.15. The lowest BCUT2D eigenvalue weighted by Gasteiger charge is -2.31. The van der Waals surface area contributed by atoms with E-state index in [1.165, 1.54) is 4.31 Å². The molecule has 1 aromatic rings. The van der Waals surface area contributed by atoms with Gasteiger partial charge in [0.15, 0.2) is 0 Å². The van der Waals surface area contributed by atoms with Gasteiger partial charge in [-0.15, -0.1) is 12.4 Å². The van der Waals surface area contributed by atoms with Gasteiger partial charge in [0, 0.05) is 25.6 Å². The number of rotatable bonds is 6. The van der Waals surface area contributed by atoms with Crippen LogP contribution in [0.1, 0.15) is 25.3 Å². The Morgan fingerprint density at radius 1 is 1.24 bits per heavy atom. The normalized spacial score (nSPS) is 19.7. The van der Waals surface area contributed by atoms with Crippen LogP contribution in [0.3, 0.4) is 0 Å². The van der Waals surface area contributed by atoms with Crippen molar-refractivity contribution < 1.29 is 13.2 Å². The van der Waals surface area contributed by atoms with Gasteiger partial charge in [-0.25, -0.2) is 8.42 Å². The van der Waals surface area contributed by atoms with Crippen LogP contribution in [0.2, 0.25) is 0 Å². The van der Waals surface area contributed by atoms with Gasteiger partial charge in [0.25, 0.3) is 0 Å². The molecule has 2 N–H and O–H groups in total. The van der Waals surface area contributed by atoms with Crippen LogP contribution in [0, 0.1) is 11.8 Å².